The fourth-order valence-electron chi connectivity index (χ4n) is 3.67. The predicted octanol–water partition coefficient (Wildman–Crippen LogP) is 4.87. The van der Waals surface area contributed by atoms with Crippen LogP contribution in [0.2, 0.25) is 10.0 Å². The lowest BCUT2D eigenvalue weighted by Crippen LogP contribution is -2.44. The van der Waals surface area contributed by atoms with E-state index in [-0.39, 0.29) is 17.6 Å². The van der Waals surface area contributed by atoms with Crippen molar-refractivity contribution in [3.05, 3.63) is 33.8 Å². The smallest absolute Gasteiger partial charge is 0.223 e. The zero-order chi connectivity index (χ0) is 21.4. The molecular formula is C21H32Cl2N2O3S. The van der Waals surface area contributed by atoms with Crippen LogP contribution in [0.4, 0.5) is 0 Å². The summed E-state index contributed by atoms with van der Waals surface area (Å²) in [6.45, 7) is 5.72. The highest BCUT2D eigenvalue weighted by atomic mass is 35.5. The number of hydrogen-bond acceptors (Lipinski definition) is 3. The van der Waals surface area contributed by atoms with Gasteiger partial charge in [-0.05, 0) is 37.3 Å². The van der Waals surface area contributed by atoms with Crippen molar-refractivity contribution < 1.29 is 13.2 Å². The van der Waals surface area contributed by atoms with Gasteiger partial charge in [-0.2, -0.15) is 0 Å². The van der Waals surface area contributed by atoms with Gasteiger partial charge in [-0.1, -0.05) is 62.4 Å². The zero-order valence-corrected chi connectivity index (χ0v) is 19.6. The summed E-state index contributed by atoms with van der Waals surface area (Å²) in [6, 6.07) is 4.97. The van der Waals surface area contributed by atoms with Gasteiger partial charge in [-0.3, -0.25) is 4.79 Å². The molecule has 0 radical (unpaired) electrons. The summed E-state index contributed by atoms with van der Waals surface area (Å²) >= 11 is 12.2. The lowest BCUT2D eigenvalue weighted by atomic mass is 9.95. The molecule has 5 nitrogen and oxygen atoms in total. The molecule has 0 unspecified atom stereocenters. The average Bonchev–Trinajstić information content (AvgIpc) is 2.71. The molecule has 1 amide bonds. The highest BCUT2D eigenvalue weighted by Crippen LogP contribution is 2.29. The number of nitrogens with zero attached hydrogens (tertiary/aromatic N) is 1. The number of carbonyl (C=O) groups is 1. The van der Waals surface area contributed by atoms with E-state index in [1.165, 1.54) is 10.7 Å². The van der Waals surface area contributed by atoms with E-state index in [1.807, 2.05) is 0 Å². The van der Waals surface area contributed by atoms with Gasteiger partial charge in [-0.15, -0.1) is 0 Å². The predicted molar refractivity (Wildman–Crippen MR) is 120 cm³/mol. The molecule has 1 N–H and O–H groups in total. The van der Waals surface area contributed by atoms with Gasteiger partial charge in [-0.25, -0.2) is 12.7 Å². The van der Waals surface area contributed by atoms with E-state index >= 15 is 0 Å². The van der Waals surface area contributed by atoms with Crippen LogP contribution >= 0.6 is 23.2 Å². The van der Waals surface area contributed by atoms with Crippen LogP contribution in [0.3, 0.4) is 0 Å². The molecule has 8 heteroatoms. The van der Waals surface area contributed by atoms with Crippen molar-refractivity contribution in [3.63, 3.8) is 0 Å². The maximum Gasteiger partial charge on any atom is 0.223 e. The number of rotatable bonds is 10. The molecule has 0 saturated carbocycles. The SMILES string of the molecule is CCCC[C@@H](CC)CNC(=O)C1CCN(S(=O)(=O)Cc2c(Cl)cccc2Cl)CC1. The first kappa shape index (κ1) is 24.4. The quantitative estimate of drug-likeness (QED) is 0.539. The molecule has 1 saturated heterocycles. The Kier molecular flexibility index (Phi) is 9.73. The van der Waals surface area contributed by atoms with Crippen LogP contribution in [0.15, 0.2) is 18.2 Å². The highest BCUT2D eigenvalue weighted by Gasteiger charge is 2.32. The maximum atomic E-state index is 12.8. The summed E-state index contributed by atoms with van der Waals surface area (Å²) in [6.07, 6.45) is 5.60. The van der Waals surface area contributed by atoms with Crippen molar-refractivity contribution in [2.24, 2.45) is 11.8 Å². The van der Waals surface area contributed by atoms with E-state index in [9.17, 15) is 13.2 Å². The van der Waals surface area contributed by atoms with E-state index in [1.54, 1.807) is 18.2 Å². The minimum atomic E-state index is -3.54. The van der Waals surface area contributed by atoms with Crippen LogP contribution in [0, 0.1) is 11.8 Å². The molecule has 1 aliphatic heterocycles. The van der Waals surface area contributed by atoms with Crippen LogP contribution in [0.1, 0.15) is 57.9 Å². The summed E-state index contributed by atoms with van der Waals surface area (Å²) in [5.74, 6) is 0.206. The number of carbonyl (C=O) groups excluding carboxylic acids is 1. The highest BCUT2D eigenvalue weighted by molar-refractivity contribution is 7.88. The molecule has 0 bridgehead atoms. The number of hydrogen-bond donors (Lipinski definition) is 1. The third-order valence-corrected chi connectivity index (χ3v) is 8.23. The molecule has 1 aromatic rings. The first-order valence-corrected chi connectivity index (χ1v) is 12.8. The van der Waals surface area contributed by atoms with E-state index in [4.69, 9.17) is 23.2 Å². The summed E-state index contributed by atoms with van der Waals surface area (Å²) in [5, 5.41) is 3.78. The van der Waals surface area contributed by atoms with E-state index < -0.39 is 10.0 Å². The van der Waals surface area contributed by atoms with E-state index in [0.29, 0.717) is 54.0 Å². The lowest BCUT2D eigenvalue weighted by molar-refractivity contribution is -0.126. The van der Waals surface area contributed by atoms with Gasteiger partial charge in [0.05, 0.1) is 5.75 Å². The van der Waals surface area contributed by atoms with Crippen molar-refractivity contribution in [2.45, 2.75) is 58.1 Å². The summed E-state index contributed by atoms with van der Waals surface area (Å²) in [5.41, 5.74) is 0.424. The van der Waals surface area contributed by atoms with Gasteiger partial charge in [0, 0.05) is 41.2 Å². The zero-order valence-electron chi connectivity index (χ0n) is 17.3. The van der Waals surface area contributed by atoms with Crippen LogP contribution < -0.4 is 5.32 Å². The van der Waals surface area contributed by atoms with Gasteiger partial charge < -0.3 is 5.32 Å². The Morgan fingerprint density at radius 1 is 1.21 bits per heavy atom. The number of piperidine rings is 1. The molecule has 1 fully saturated rings. The Hall–Kier alpha value is -0.820. The summed E-state index contributed by atoms with van der Waals surface area (Å²) in [7, 11) is -3.54. The van der Waals surface area contributed by atoms with Gasteiger partial charge in [0.25, 0.3) is 0 Å². The van der Waals surface area contributed by atoms with E-state index in [2.05, 4.69) is 19.2 Å². The fourth-order valence-corrected chi connectivity index (χ4v) is 5.99. The Bertz CT molecular complexity index is 758. The van der Waals surface area contributed by atoms with Crippen LogP contribution in [0.25, 0.3) is 0 Å². The molecule has 0 aliphatic carbocycles. The van der Waals surface area contributed by atoms with Crippen molar-refractivity contribution >= 4 is 39.1 Å². The second-order valence-corrected chi connectivity index (χ2v) is 10.6. The topological polar surface area (TPSA) is 66.5 Å². The van der Waals surface area contributed by atoms with Crippen LogP contribution in [-0.4, -0.2) is 38.3 Å². The van der Waals surface area contributed by atoms with Crippen LogP contribution in [-0.2, 0) is 20.6 Å². The number of sulfonamides is 1. The number of amides is 1. The minimum Gasteiger partial charge on any atom is -0.356 e. The molecule has 1 aliphatic rings. The standard InChI is InChI=1S/C21H32Cl2N2O3S/c1-3-5-7-16(4-2)14-24-21(26)17-10-12-25(13-11-17)29(27,28)15-18-19(22)8-6-9-20(18)23/h6,8-9,16-17H,3-5,7,10-15H2,1-2H3,(H,24,26)/t16-/m1/s1. The van der Waals surface area contributed by atoms with Crippen molar-refractivity contribution in [2.75, 3.05) is 19.6 Å². The monoisotopic (exact) mass is 462 g/mol. The minimum absolute atomic E-state index is 0.0474. The number of unbranched alkanes of at least 4 members (excludes halogenated alkanes) is 1. The summed E-state index contributed by atoms with van der Waals surface area (Å²) < 4.78 is 27.0. The Morgan fingerprint density at radius 2 is 1.83 bits per heavy atom. The Balaban J connectivity index is 1.86. The number of nitrogens with one attached hydrogen (secondary N) is 1. The summed E-state index contributed by atoms with van der Waals surface area (Å²) in [4.78, 5) is 12.5. The molecule has 1 heterocycles. The second-order valence-electron chi connectivity index (χ2n) is 7.79. The van der Waals surface area contributed by atoms with E-state index in [0.717, 1.165) is 19.3 Å². The fraction of sp³-hybridized carbons (Fsp3) is 0.667. The van der Waals surface area contributed by atoms with Crippen molar-refractivity contribution in [1.29, 1.82) is 0 Å². The normalized spacial score (nSPS) is 17.2. The Morgan fingerprint density at radius 3 is 2.38 bits per heavy atom. The lowest BCUT2D eigenvalue weighted by Gasteiger charge is -2.31. The van der Waals surface area contributed by atoms with Gasteiger partial charge in [0.15, 0.2) is 0 Å². The van der Waals surface area contributed by atoms with Gasteiger partial charge in [0.1, 0.15) is 0 Å². The molecule has 0 spiro atoms. The average molecular weight is 463 g/mol. The Labute approximate surface area is 185 Å². The van der Waals surface area contributed by atoms with Crippen molar-refractivity contribution in [1.82, 2.24) is 9.62 Å². The van der Waals surface area contributed by atoms with Crippen LogP contribution in [0.5, 0.6) is 0 Å². The second kappa shape index (κ2) is 11.5. The first-order valence-electron chi connectivity index (χ1n) is 10.5. The third-order valence-electron chi connectivity index (χ3n) is 5.71. The van der Waals surface area contributed by atoms with Gasteiger partial charge in [0.2, 0.25) is 15.9 Å². The van der Waals surface area contributed by atoms with Gasteiger partial charge >= 0.3 is 0 Å². The molecule has 0 aromatic heterocycles. The molecule has 164 valence electrons. The molecule has 1 aromatic carbocycles. The molecule has 2 rings (SSSR count). The molecular weight excluding hydrogens is 431 g/mol. The molecule has 29 heavy (non-hydrogen) atoms. The number of halogens is 2. The first-order chi connectivity index (χ1) is 13.8. The largest absolute Gasteiger partial charge is 0.356 e. The van der Waals surface area contributed by atoms with Crippen molar-refractivity contribution in [3.8, 4) is 0 Å². The number of benzene rings is 1. The maximum absolute atomic E-state index is 12.8. The molecule has 1 atom stereocenters. The third kappa shape index (κ3) is 7.12.